The van der Waals surface area contributed by atoms with Gasteiger partial charge in [-0.1, -0.05) is 12.1 Å². The molecule has 0 atom stereocenters. The van der Waals surface area contributed by atoms with Gasteiger partial charge in [0, 0.05) is 13.1 Å². The Kier molecular flexibility index (Phi) is 4.87. The van der Waals surface area contributed by atoms with Crippen LogP contribution in [0.25, 0.3) is 0 Å². The van der Waals surface area contributed by atoms with Crippen molar-refractivity contribution in [3.63, 3.8) is 0 Å². The predicted molar refractivity (Wildman–Crippen MR) is 82.2 cm³/mol. The lowest BCUT2D eigenvalue weighted by Crippen LogP contribution is -2.23. The summed E-state index contributed by atoms with van der Waals surface area (Å²) in [6.45, 7) is 5.84. The molecule has 0 radical (unpaired) electrons. The summed E-state index contributed by atoms with van der Waals surface area (Å²) in [5.74, 6) is -0.169. The van der Waals surface area contributed by atoms with Crippen LogP contribution < -0.4 is 10.2 Å². The molecular weight excluding hydrogens is 269 g/mol. The van der Waals surface area contributed by atoms with Crippen LogP contribution in [0, 0.1) is 5.82 Å². The first kappa shape index (κ1) is 15.0. The van der Waals surface area contributed by atoms with Gasteiger partial charge in [-0.25, -0.2) is 9.37 Å². The Morgan fingerprint density at radius 1 is 1.19 bits per heavy atom. The molecule has 110 valence electrons. The van der Waals surface area contributed by atoms with E-state index in [-0.39, 0.29) is 5.56 Å². The van der Waals surface area contributed by atoms with Crippen LogP contribution in [0.2, 0.25) is 0 Å². The smallest absolute Gasteiger partial charge is 0.258 e. The van der Waals surface area contributed by atoms with E-state index in [1.54, 1.807) is 24.4 Å². The van der Waals surface area contributed by atoms with E-state index < -0.39 is 11.7 Å². The zero-order valence-electron chi connectivity index (χ0n) is 12.1. The van der Waals surface area contributed by atoms with Crippen molar-refractivity contribution in [2.45, 2.75) is 13.8 Å². The van der Waals surface area contributed by atoms with Gasteiger partial charge in [-0.2, -0.15) is 0 Å². The highest BCUT2D eigenvalue weighted by Gasteiger charge is 2.11. The number of pyridine rings is 1. The minimum Gasteiger partial charge on any atom is -0.357 e. The molecule has 0 unspecified atom stereocenters. The highest BCUT2D eigenvalue weighted by atomic mass is 19.1. The first-order valence-electron chi connectivity index (χ1n) is 6.92. The number of halogens is 1. The van der Waals surface area contributed by atoms with Gasteiger partial charge in [-0.15, -0.1) is 0 Å². The number of amides is 1. The van der Waals surface area contributed by atoms with Crippen LogP contribution in [0.15, 0.2) is 42.6 Å². The Bertz CT molecular complexity index is 609. The molecule has 1 aromatic carbocycles. The van der Waals surface area contributed by atoms with E-state index in [0.29, 0.717) is 5.69 Å². The lowest BCUT2D eigenvalue weighted by atomic mass is 10.2. The molecule has 4 nitrogen and oxygen atoms in total. The molecule has 5 heteroatoms. The van der Waals surface area contributed by atoms with Crippen LogP contribution in [0.5, 0.6) is 0 Å². The van der Waals surface area contributed by atoms with Gasteiger partial charge in [-0.3, -0.25) is 4.79 Å². The van der Waals surface area contributed by atoms with Crippen LogP contribution in [0.1, 0.15) is 24.2 Å². The van der Waals surface area contributed by atoms with Crippen molar-refractivity contribution in [3.8, 4) is 0 Å². The second-order valence-corrected chi connectivity index (χ2v) is 4.51. The molecule has 1 aromatic heterocycles. The van der Waals surface area contributed by atoms with Gasteiger partial charge in [0.25, 0.3) is 5.91 Å². The third-order valence-corrected chi connectivity index (χ3v) is 3.21. The maximum atomic E-state index is 13.5. The average Bonchev–Trinajstić information content (AvgIpc) is 2.50. The molecule has 1 amide bonds. The Morgan fingerprint density at radius 2 is 1.90 bits per heavy atom. The van der Waals surface area contributed by atoms with Crippen LogP contribution in [0.3, 0.4) is 0 Å². The number of hydrogen-bond donors (Lipinski definition) is 1. The zero-order chi connectivity index (χ0) is 15.2. The van der Waals surface area contributed by atoms with Gasteiger partial charge < -0.3 is 10.2 Å². The summed E-state index contributed by atoms with van der Waals surface area (Å²) >= 11 is 0. The van der Waals surface area contributed by atoms with Crippen LogP contribution in [-0.2, 0) is 0 Å². The Balaban J connectivity index is 2.10. The monoisotopic (exact) mass is 287 g/mol. The number of carbonyl (C=O) groups excluding carboxylic acids is 1. The molecule has 0 aliphatic carbocycles. The third-order valence-electron chi connectivity index (χ3n) is 3.21. The molecule has 1 heterocycles. The quantitative estimate of drug-likeness (QED) is 0.917. The van der Waals surface area contributed by atoms with Crippen molar-refractivity contribution in [2.75, 3.05) is 23.3 Å². The molecule has 0 spiro atoms. The summed E-state index contributed by atoms with van der Waals surface area (Å²) in [7, 11) is 0. The van der Waals surface area contributed by atoms with Crippen LogP contribution in [-0.4, -0.2) is 24.0 Å². The van der Waals surface area contributed by atoms with E-state index in [4.69, 9.17) is 0 Å². The zero-order valence-corrected chi connectivity index (χ0v) is 12.1. The topological polar surface area (TPSA) is 45.2 Å². The highest BCUT2D eigenvalue weighted by Crippen LogP contribution is 2.15. The summed E-state index contributed by atoms with van der Waals surface area (Å²) < 4.78 is 13.5. The fraction of sp³-hybridized carbons (Fsp3) is 0.250. The summed E-state index contributed by atoms with van der Waals surface area (Å²) in [5, 5.41) is 2.64. The number of nitrogens with one attached hydrogen (secondary N) is 1. The van der Waals surface area contributed by atoms with Crippen molar-refractivity contribution < 1.29 is 9.18 Å². The summed E-state index contributed by atoms with van der Waals surface area (Å²) in [6.07, 6.45) is 1.58. The standard InChI is InChI=1S/C16H18FN3O/c1-3-20(4-2)15-10-9-12(11-18-15)19-16(21)13-7-5-6-8-14(13)17/h5-11H,3-4H2,1-2H3,(H,19,21). The van der Waals surface area contributed by atoms with E-state index in [0.717, 1.165) is 18.9 Å². The Morgan fingerprint density at radius 3 is 2.48 bits per heavy atom. The third kappa shape index (κ3) is 3.56. The lowest BCUT2D eigenvalue weighted by molar-refractivity contribution is 0.102. The number of nitrogens with zero attached hydrogens (tertiary/aromatic N) is 2. The fourth-order valence-electron chi connectivity index (χ4n) is 2.04. The molecule has 0 bridgehead atoms. The van der Waals surface area contributed by atoms with Gasteiger partial charge in [0.2, 0.25) is 0 Å². The van der Waals surface area contributed by atoms with E-state index in [1.165, 1.54) is 12.1 Å². The predicted octanol–water partition coefficient (Wildman–Crippen LogP) is 3.32. The van der Waals surface area contributed by atoms with E-state index in [2.05, 4.69) is 29.0 Å². The van der Waals surface area contributed by atoms with Gasteiger partial charge in [-0.05, 0) is 38.1 Å². The molecule has 2 aromatic rings. The number of benzene rings is 1. The number of carbonyl (C=O) groups is 1. The Labute approximate surface area is 123 Å². The van der Waals surface area contributed by atoms with Crippen molar-refractivity contribution >= 4 is 17.4 Å². The van der Waals surface area contributed by atoms with Crippen molar-refractivity contribution in [1.82, 2.24) is 4.98 Å². The molecule has 0 aliphatic rings. The van der Waals surface area contributed by atoms with Crippen molar-refractivity contribution in [1.29, 1.82) is 0 Å². The number of rotatable bonds is 5. The maximum absolute atomic E-state index is 13.5. The second kappa shape index (κ2) is 6.83. The Hall–Kier alpha value is -2.43. The fourth-order valence-corrected chi connectivity index (χ4v) is 2.04. The molecule has 0 aliphatic heterocycles. The first-order valence-corrected chi connectivity index (χ1v) is 6.92. The SMILES string of the molecule is CCN(CC)c1ccc(NC(=O)c2ccccc2F)cn1. The second-order valence-electron chi connectivity index (χ2n) is 4.51. The summed E-state index contributed by atoms with van der Waals surface area (Å²) in [4.78, 5) is 18.4. The van der Waals surface area contributed by atoms with Crippen LogP contribution >= 0.6 is 0 Å². The first-order chi connectivity index (χ1) is 10.2. The summed E-state index contributed by atoms with van der Waals surface area (Å²) in [6, 6.07) is 9.48. The molecular formula is C16H18FN3O. The number of anilines is 2. The van der Waals surface area contributed by atoms with Gasteiger partial charge in [0.1, 0.15) is 11.6 Å². The van der Waals surface area contributed by atoms with Gasteiger partial charge >= 0.3 is 0 Å². The van der Waals surface area contributed by atoms with Crippen LogP contribution in [0.4, 0.5) is 15.9 Å². The maximum Gasteiger partial charge on any atom is 0.258 e. The molecule has 0 saturated heterocycles. The number of hydrogen-bond acceptors (Lipinski definition) is 3. The van der Waals surface area contributed by atoms with Gasteiger partial charge in [0.05, 0.1) is 17.4 Å². The lowest BCUT2D eigenvalue weighted by Gasteiger charge is -2.19. The van der Waals surface area contributed by atoms with Crippen molar-refractivity contribution in [2.24, 2.45) is 0 Å². The minimum absolute atomic E-state index is 0.0188. The molecule has 1 N–H and O–H groups in total. The molecule has 21 heavy (non-hydrogen) atoms. The normalized spacial score (nSPS) is 10.2. The highest BCUT2D eigenvalue weighted by molar-refractivity contribution is 6.04. The summed E-state index contributed by atoms with van der Waals surface area (Å²) in [5.41, 5.74) is 0.560. The van der Waals surface area contributed by atoms with E-state index in [9.17, 15) is 9.18 Å². The molecule has 0 saturated carbocycles. The number of aromatic nitrogens is 1. The van der Waals surface area contributed by atoms with Crippen molar-refractivity contribution in [3.05, 3.63) is 54.0 Å². The van der Waals surface area contributed by atoms with E-state index in [1.807, 2.05) is 6.07 Å². The molecule has 2 rings (SSSR count). The molecule has 0 fully saturated rings. The largest absolute Gasteiger partial charge is 0.357 e. The minimum atomic E-state index is -0.539. The average molecular weight is 287 g/mol. The van der Waals surface area contributed by atoms with E-state index >= 15 is 0 Å². The van der Waals surface area contributed by atoms with Gasteiger partial charge in [0.15, 0.2) is 0 Å².